The third-order valence-electron chi connectivity index (χ3n) is 2.95. The number of rotatable bonds is 4. The first kappa shape index (κ1) is 13.1. The van der Waals surface area contributed by atoms with Crippen molar-refractivity contribution in [2.24, 2.45) is 0 Å². The first-order valence-corrected chi connectivity index (χ1v) is 6.61. The Morgan fingerprint density at radius 3 is 2.43 bits per heavy atom. The maximum Gasteiger partial charge on any atom is 0.151 e. The molecule has 1 radical (unpaired) electrons. The van der Waals surface area contributed by atoms with E-state index < -0.39 is 0 Å². The molecule has 0 aliphatic carbocycles. The summed E-state index contributed by atoms with van der Waals surface area (Å²) >= 11 is 0. The molecule has 0 bridgehead atoms. The van der Waals surface area contributed by atoms with Gasteiger partial charge in [0.15, 0.2) is 5.75 Å². The Labute approximate surface area is 123 Å². The van der Waals surface area contributed by atoms with Crippen molar-refractivity contribution < 1.29 is 9.84 Å². The largest absolute Gasteiger partial charge is 0.506 e. The SMILES string of the molecule is Oc1ccccc1Nc1[c]cccc1Oc1ccccc1. The Bertz CT molecular complexity index is 726. The lowest BCUT2D eigenvalue weighted by Gasteiger charge is -2.13. The first-order valence-electron chi connectivity index (χ1n) is 6.61. The maximum absolute atomic E-state index is 9.84. The number of benzene rings is 3. The van der Waals surface area contributed by atoms with Gasteiger partial charge in [-0.3, -0.25) is 0 Å². The van der Waals surface area contributed by atoms with Gasteiger partial charge in [-0.1, -0.05) is 42.5 Å². The molecular weight excluding hydrogens is 262 g/mol. The average Bonchev–Trinajstić information content (AvgIpc) is 2.52. The maximum atomic E-state index is 9.84. The molecule has 103 valence electrons. The fourth-order valence-electron chi connectivity index (χ4n) is 1.93. The summed E-state index contributed by atoms with van der Waals surface area (Å²) in [7, 11) is 0. The second-order valence-electron chi connectivity index (χ2n) is 4.47. The Kier molecular flexibility index (Phi) is 3.74. The molecule has 0 heterocycles. The van der Waals surface area contributed by atoms with E-state index in [0.717, 1.165) is 5.75 Å². The molecule has 2 N–H and O–H groups in total. The highest BCUT2D eigenvalue weighted by atomic mass is 16.5. The highest BCUT2D eigenvalue weighted by Crippen LogP contribution is 2.33. The summed E-state index contributed by atoms with van der Waals surface area (Å²) in [6.45, 7) is 0. The van der Waals surface area contributed by atoms with E-state index in [-0.39, 0.29) is 5.75 Å². The molecule has 0 aliphatic rings. The average molecular weight is 276 g/mol. The lowest BCUT2D eigenvalue weighted by atomic mass is 10.2. The van der Waals surface area contributed by atoms with Crippen molar-refractivity contribution in [3.8, 4) is 17.2 Å². The summed E-state index contributed by atoms with van der Waals surface area (Å²) in [5.41, 5.74) is 1.28. The number of ether oxygens (including phenoxy) is 1. The fourth-order valence-corrected chi connectivity index (χ4v) is 1.93. The molecule has 0 spiro atoms. The van der Waals surface area contributed by atoms with E-state index in [0.29, 0.717) is 17.1 Å². The summed E-state index contributed by atoms with van der Waals surface area (Å²) in [5, 5.41) is 13.0. The van der Waals surface area contributed by atoms with Gasteiger partial charge < -0.3 is 15.2 Å². The van der Waals surface area contributed by atoms with Crippen molar-refractivity contribution in [2.45, 2.75) is 0 Å². The molecular formula is C18H14NO2. The first-order chi connectivity index (χ1) is 10.3. The third kappa shape index (κ3) is 3.15. The number of hydrogen-bond acceptors (Lipinski definition) is 3. The van der Waals surface area contributed by atoms with Crippen LogP contribution in [-0.2, 0) is 0 Å². The summed E-state index contributed by atoms with van der Waals surface area (Å²) in [5.74, 6) is 1.57. The van der Waals surface area contributed by atoms with Crippen LogP contribution in [0.5, 0.6) is 17.2 Å². The smallest absolute Gasteiger partial charge is 0.151 e. The van der Waals surface area contributed by atoms with Crippen molar-refractivity contribution in [3.63, 3.8) is 0 Å². The molecule has 0 aromatic heterocycles. The molecule has 3 aromatic carbocycles. The van der Waals surface area contributed by atoms with E-state index in [9.17, 15) is 5.11 Å². The number of anilines is 2. The van der Waals surface area contributed by atoms with Gasteiger partial charge in [0, 0.05) is 6.07 Å². The van der Waals surface area contributed by atoms with Gasteiger partial charge in [-0.2, -0.15) is 0 Å². The highest BCUT2D eigenvalue weighted by molar-refractivity contribution is 5.70. The molecule has 21 heavy (non-hydrogen) atoms. The van der Waals surface area contributed by atoms with Crippen LogP contribution in [0.4, 0.5) is 11.4 Å². The second kappa shape index (κ2) is 6.01. The van der Waals surface area contributed by atoms with Crippen LogP contribution < -0.4 is 10.1 Å². The molecule has 0 fully saturated rings. The molecule has 3 rings (SSSR count). The summed E-state index contributed by atoms with van der Waals surface area (Å²) in [4.78, 5) is 0. The number of nitrogens with one attached hydrogen (secondary N) is 1. The van der Waals surface area contributed by atoms with E-state index in [4.69, 9.17) is 4.74 Å². The zero-order valence-electron chi connectivity index (χ0n) is 11.3. The second-order valence-corrected chi connectivity index (χ2v) is 4.47. The number of phenols is 1. The van der Waals surface area contributed by atoms with Crippen LogP contribution in [0.3, 0.4) is 0 Å². The molecule has 3 aromatic rings. The Morgan fingerprint density at radius 2 is 1.62 bits per heavy atom. The Morgan fingerprint density at radius 1 is 0.857 bits per heavy atom. The molecule has 0 saturated heterocycles. The molecule has 0 saturated carbocycles. The topological polar surface area (TPSA) is 41.5 Å². The van der Waals surface area contributed by atoms with Gasteiger partial charge in [0.1, 0.15) is 11.5 Å². The summed E-state index contributed by atoms with van der Waals surface area (Å²) in [6.07, 6.45) is 0. The number of aromatic hydroxyl groups is 1. The van der Waals surface area contributed by atoms with Crippen molar-refractivity contribution in [3.05, 3.63) is 78.9 Å². The van der Waals surface area contributed by atoms with E-state index in [1.807, 2.05) is 48.5 Å². The van der Waals surface area contributed by atoms with Crippen LogP contribution in [0.1, 0.15) is 0 Å². The Hall–Kier alpha value is -2.94. The standard InChI is InChI=1S/C18H14NO2/c20-17-12-6-4-10-15(17)19-16-11-5-7-13-18(16)21-14-8-2-1-3-9-14/h1-10,12-13,19-20H. The van der Waals surface area contributed by atoms with E-state index >= 15 is 0 Å². The summed E-state index contributed by atoms with van der Waals surface area (Å²) in [6, 6.07) is 25.2. The van der Waals surface area contributed by atoms with E-state index in [1.165, 1.54) is 0 Å². The van der Waals surface area contributed by atoms with Crippen LogP contribution in [0.2, 0.25) is 0 Å². The van der Waals surface area contributed by atoms with Gasteiger partial charge >= 0.3 is 0 Å². The van der Waals surface area contributed by atoms with Crippen LogP contribution in [0.15, 0.2) is 72.8 Å². The van der Waals surface area contributed by atoms with Gasteiger partial charge in [0.05, 0.1) is 11.4 Å². The van der Waals surface area contributed by atoms with Crippen LogP contribution in [0, 0.1) is 6.07 Å². The van der Waals surface area contributed by atoms with E-state index in [2.05, 4.69) is 11.4 Å². The highest BCUT2D eigenvalue weighted by Gasteiger charge is 2.07. The lowest BCUT2D eigenvalue weighted by molar-refractivity contribution is 0.477. The lowest BCUT2D eigenvalue weighted by Crippen LogP contribution is -1.94. The van der Waals surface area contributed by atoms with Gasteiger partial charge in [0.2, 0.25) is 0 Å². The fraction of sp³-hybridized carbons (Fsp3) is 0. The quantitative estimate of drug-likeness (QED) is 0.677. The van der Waals surface area contributed by atoms with Gasteiger partial charge in [-0.25, -0.2) is 0 Å². The number of hydrogen-bond donors (Lipinski definition) is 2. The molecule has 3 nitrogen and oxygen atoms in total. The number of para-hydroxylation sites is 4. The van der Waals surface area contributed by atoms with Crippen LogP contribution in [-0.4, -0.2) is 5.11 Å². The predicted molar refractivity (Wildman–Crippen MR) is 83.2 cm³/mol. The zero-order valence-corrected chi connectivity index (χ0v) is 11.3. The van der Waals surface area contributed by atoms with Crippen LogP contribution >= 0.6 is 0 Å². The molecule has 0 unspecified atom stereocenters. The van der Waals surface area contributed by atoms with Gasteiger partial charge in [0.25, 0.3) is 0 Å². The van der Waals surface area contributed by atoms with Crippen molar-refractivity contribution in [1.29, 1.82) is 0 Å². The minimum Gasteiger partial charge on any atom is -0.506 e. The molecule has 0 amide bonds. The monoisotopic (exact) mass is 276 g/mol. The van der Waals surface area contributed by atoms with Gasteiger partial charge in [-0.05, 0) is 30.3 Å². The molecule has 0 aliphatic heterocycles. The minimum absolute atomic E-state index is 0.181. The Balaban J connectivity index is 1.88. The van der Waals surface area contributed by atoms with Crippen LogP contribution in [0.25, 0.3) is 0 Å². The molecule has 3 heteroatoms. The van der Waals surface area contributed by atoms with E-state index in [1.54, 1.807) is 24.3 Å². The third-order valence-corrected chi connectivity index (χ3v) is 2.95. The van der Waals surface area contributed by atoms with Gasteiger partial charge in [-0.15, -0.1) is 0 Å². The van der Waals surface area contributed by atoms with Crippen molar-refractivity contribution in [1.82, 2.24) is 0 Å². The number of phenolic OH excluding ortho intramolecular Hbond substituents is 1. The summed E-state index contributed by atoms with van der Waals surface area (Å²) < 4.78 is 5.85. The normalized spacial score (nSPS) is 10.1. The van der Waals surface area contributed by atoms with Crippen molar-refractivity contribution in [2.75, 3.05) is 5.32 Å². The molecule has 0 atom stereocenters. The predicted octanol–water partition coefficient (Wildman–Crippen LogP) is 4.73. The minimum atomic E-state index is 0.181. The zero-order chi connectivity index (χ0) is 14.5. The van der Waals surface area contributed by atoms with Crippen molar-refractivity contribution >= 4 is 11.4 Å².